The van der Waals surface area contributed by atoms with Gasteiger partial charge in [0.15, 0.2) is 11.5 Å². The molecule has 0 bridgehead atoms. The van der Waals surface area contributed by atoms with Gasteiger partial charge in [-0.05, 0) is 30.7 Å². The normalized spacial score (nSPS) is 14.1. The molecule has 1 aromatic heterocycles. The Hall–Kier alpha value is -2.70. The number of benzene rings is 1. The highest BCUT2D eigenvalue weighted by Crippen LogP contribution is 2.30. The Labute approximate surface area is 141 Å². The van der Waals surface area contributed by atoms with Gasteiger partial charge in [-0.15, -0.1) is 0 Å². The van der Waals surface area contributed by atoms with Gasteiger partial charge in [0.1, 0.15) is 13.2 Å². The Morgan fingerprint density at radius 3 is 2.92 bits per heavy atom. The molecule has 1 aliphatic heterocycles. The van der Waals surface area contributed by atoms with Crippen molar-refractivity contribution in [1.82, 2.24) is 20.0 Å². The molecular formula is C17H22N4O3. The van der Waals surface area contributed by atoms with Gasteiger partial charge in [-0.2, -0.15) is 5.10 Å². The van der Waals surface area contributed by atoms with Crippen molar-refractivity contribution in [2.75, 3.05) is 20.3 Å². The Kier molecular flexibility index (Phi) is 4.88. The molecule has 0 unspecified atom stereocenters. The number of carbonyl (C=O) groups is 1. The average Bonchev–Trinajstić information content (AvgIpc) is 3.07. The van der Waals surface area contributed by atoms with Crippen LogP contribution in [-0.4, -0.2) is 47.0 Å². The lowest BCUT2D eigenvalue weighted by Gasteiger charge is -2.23. The Morgan fingerprint density at radius 2 is 2.17 bits per heavy atom. The number of ether oxygens (including phenoxy) is 2. The Balaban J connectivity index is 1.54. The number of hydrogen-bond donors (Lipinski definition) is 1. The average molecular weight is 330 g/mol. The lowest BCUT2D eigenvalue weighted by Crippen LogP contribution is -2.43. The third-order valence-corrected chi connectivity index (χ3v) is 3.76. The smallest absolute Gasteiger partial charge is 0.317 e. The van der Waals surface area contributed by atoms with Crippen molar-refractivity contribution in [1.29, 1.82) is 0 Å². The predicted molar refractivity (Wildman–Crippen MR) is 89.1 cm³/mol. The maximum atomic E-state index is 12.3. The zero-order valence-electron chi connectivity index (χ0n) is 13.9. The molecule has 1 N–H and O–H groups in total. The fraction of sp³-hybridized carbons (Fsp3) is 0.412. The first-order valence-corrected chi connectivity index (χ1v) is 7.99. The van der Waals surface area contributed by atoms with Crippen molar-refractivity contribution in [2.24, 2.45) is 0 Å². The molecular weight excluding hydrogens is 308 g/mol. The van der Waals surface area contributed by atoms with E-state index in [1.54, 1.807) is 22.8 Å². The number of hydrogen-bond acceptors (Lipinski definition) is 4. The summed E-state index contributed by atoms with van der Waals surface area (Å²) in [6, 6.07) is 7.48. The fourth-order valence-electron chi connectivity index (χ4n) is 2.59. The highest BCUT2D eigenvalue weighted by Gasteiger charge is 2.15. The topological polar surface area (TPSA) is 68.6 Å². The molecule has 1 atom stereocenters. The van der Waals surface area contributed by atoms with Crippen molar-refractivity contribution in [3.05, 3.63) is 42.2 Å². The van der Waals surface area contributed by atoms with Crippen molar-refractivity contribution in [3.63, 3.8) is 0 Å². The van der Waals surface area contributed by atoms with Crippen LogP contribution in [0, 0.1) is 0 Å². The minimum Gasteiger partial charge on any atom is -0.486 e. The Bertz CT molecular complexity index is 687. The van der Waals surface area contributed by atoms with E-state index < -0.39 is 0 Å². The molecule has 128 valence electrons. The minimum atomic E-state index is -0.121. The van der Waals surface area contributed by atoms with E-state index in [1.807, 2.05) is 37.4 Å². The summed E-state index contributed by atoms with van der Waals surface area (Å²) in [5.41, 5.74) is 0.997. The second kappa shape index (κ2) is 7.25. The molecule has 0 radical (unpaired) electrons. The van der Waals surface area contributed by atoms with Gasteiger partial charge < -0.3 is 19.7 Å². The summed E-state index contributed by atoms with van der Waals surface area (Å²) in [4.78, 5) is 13.9. The summed E-state index contributed by atoms with van der Waals surface area (Å²) in [5.74, 6) is 1.49. The summed E-state index contributed by atoms with van der Waals surface area (Å²) in [5, 5.41) is 7.11. The van der Waals surface area contributed by atoms with Crippen LogP contribution in [-0.2, 0) is 13.1 Å². The van der Waals surface area contributed by atoms with Gasteiger partial charge in [0.05, 0.1) is 6.54 Å². The first-order valence-electron chi connectivity index (χ1n) is 7.99. The zero-order chi connectivity index (χ0) is 16.9. The van der Waals surface area contributed by atoms with Crippen LogP contribution in [0.2, 0.25) is 0 Å². The summed E-state index contributed by atoms with van der Waals surface area (Å²) >= 11 is 0. The molecule has 0 saturated carbocycles. The van der Waals surface area contributed by atoms with Crippen LogP contribution in [0.4, 0.5) is 4.79 Å². The highest BCUT2D eigenvalue weighted by atomic mass is 16.6. The van der Waals surface area contributed by atoms with Crippen LogP contribution in [0.15, 0.2) is 36.7 Å². The molecule has 2 heterocycles. The van der Waals surface area contributed by atoms with E-state index in [0.29, 0.717) is 26.3 Å². The monoisotopic (exact) mass is 330 g/mol. The van der Waals surface area contributed by atoms with Crippen molar-refractivity contribution in [3.8, 4) is 11.5 Å². The standard InChI is InChI=1S/C17H22N4O3/c1-13(11-21-7-3-6-18-21)19-17(22)20(2)12-14-4-5-15-16(10-14)24-9-8-23-15/h3-7,10,13H,8-9,11-12H2,1-2H3,(H,19,22)/t13-/m0/s1. The molecule has 0 spiro atoms. The predicted octanol–water partition coefficient (Wildman–Crippen LogP) is 1.88. The largest absolute Gasteiger partial charge is 0.486 e. The van der Waals surface area contributed by atoms with Crippen molar-refractivity contribution < 1.29 is 14.3 Å². The van der Waals surface area contributed by atoms with Crippen LogP contribution >= 0.6 is 0 Å². The van der Waals surface area contributed by atoms with Crippen LogP contribution in [0.25, 0.3) is 0 Å². The summed E-state index contributed by atoms with van der Waals surface area (Å²) in [7, 11) is 1.77. The number of nitrogens with zero attached hydrogens (tertiary/aromatic N) is 3. The number of carbonyl (C=O) groups excluding carboxylic acids is 1. The molecule has 3 rings (SSSR count). The molecule has 1 aromatic carbocycles. The van der Waals surface area contributed by atoms with Crippen molar-refractivity contribution in [2.45, 2.75) is 26.1 Å². The molecule has 1 aliphatic rings. The number of rotatable bonds is 5. The summed E-state index contributed by atoms with van der Waals surface area (Å²) in [6.45, 7) is 4.21. The maximum Gasteiger partial charge on any atom is 0.317 e. The Morgan fingerprint density at radius 1 is 1.38 bits per heavy atom. The third-order valence-electron chi connectivity index (χ3n) is 3.76. The fourth-order valence-corrected chi connectivity index (χ4v) is 2.59. The third kappa shape index (κ3) is 3.98. The first kappa shape index (κ1) is 16.2. The van der Waals surface area contributed by atoms with Gasteiger partial charge in [-0.3, -0.25) is 4.68 Å². The van der Waals surface area contributed by atoms with Crippen LogP contribution in [0.5, 0.6) is 11.5 Å². The van der Waals surface area contributed by atoms with E-state index in [2.05, 4.69) is 10.4 Å². The van der Waals surface area contributed by atoms with Gasteiger partial charge >= 0.3 is 6.03 Å². The minimum absolute atomic E-state index is 0.0138. The van der Waals surface area contributed by atoms with Crippen LogP contribution in [0.1, 0.15) is 12.5 Å². The lowest BCUT2D eigenvalue weighted by molar-refractivity contribution is 0.171. The number of nitrogens with one attached hydrogen (secondary N) is 1. The van der Waals surface area contributed by atoms with Crippen molar-refractivity contribution >= 4 is 6.03 Å². The van der Waals surface area contributed by atoms with Gasteiger partial charge in [0, 0.05) is 32.0 Å². The van der Waals surface area contributed by atoms with E-state index >= 15 is 0 Å². The molecule has 2 aromatic rings. The van der Waals surface area contributed by atoms with E-state index in [1.165, 1.54) is 0 Å². The maximum absolute atomic E-state index is 12.3. The van der Waals surface area contributed by atoms with Gasteiger partial charge in [-0.25, -0.2) is 4.79 Å². The summed E-state index contributed by atoms with van der Waals surface area (Å²) in [6.07, 6.45) is 3.60. The molecule has 0 fully saturated rings. The molecule has 0 saturated heterocycles. The second-order valence-corrected chi connectivity index (χ2v) is 5.91. The van der Waals surface area contributed by atoms with E-state index in [-0.39, 0.29) is 12.1 Å². The molecule has 0 aliphatic carbocycles. The highest BCUT2D eigenvalue weighted by molar-refractivity contribution is 5.74. The second-order valence-electron chi connectivity index (χ2n) is 5.91. The van der Waals surface area contributed by atoms with Gasteiger partial charge in [0.25, 0.3) is 0 Å². The van der Waals surface area contributed by atoms with E-state index in [0.717, 1.165) is 17.1 Å². The summed E-state index contributed by atoms with van der Waals surface area (Å²) < 4.78 is 12.9. The number of amides is 2. The molecule has 7 heteroatoms. The van der Waals surface area contributed by atoms with E-state index in [4.69, 9.17) is 9.47 Å². The van der Waals surface area contributed by atoms with Crippen LogP contribution < -0.4 is 14.8 Å². The van der Waals surface area contributed by atoms with Crippen LogP contribution in [0.3, 0.4) is 0 Å². The van der Waals surface area contributed by atoms with E-state index in [9.17, 15) is 4.79 Å². The number of fused-ring (bicyclic) bond motifs is 1. The van der Waals surface area contributed by atoms with Gasteiger partial charge in [0.2, 0.25) is 0 Å². The lowest BCUT2D eigenvalue weighted by atomic mass is 10.2. The SMILES string of the molecule is C[C@@H](Cn1cccn1)NC(=O)N(C)Cc1ccc2c(c1)OCCO2. The molecule has 24 heavy (non-hydrogen) atoms. The number of urea groups is 1. The zero-order valence-corrected chi connectivity index (χ0v) is 13.9. The number of aromatic nitrogens is 2. The first-order chi connectivity index (χ1) is 11.6. The quantitative estimate of drug-likeness (QED) is 0.909. The molecule has 7 nitrogen and oxygen atoms in total. The molecule has 2 amide bonds. The van der Waals surface area contributed by atoms with Gasteiger partial charge in [-0.1, -0.05) is 6.07 Å².